The summed E-state index contributed by atoms with van der Waals surface area (Å²) >= 11 is 1.75. The molecule has 1 aliphatic carbocycles. The number of hydrogen-bond donors (Lipinski definition) is 0. The normalized spacial score (nSPS) is 17.5. The lowest BCUT2D eigenvalue weighted by atomic mass is 9.97. The molecule has 0 unspecified atom stereocenters. The number of hydrogen-bond acceptors (Lipinski definition) is 5. The molecule has 1 aromatic carbocycles. The highest BCUT2D eigenvalue weighted by atomic mass is 32.1. The van der Waals surface area contributed by atoms with E-state index in [1.54, 1.807) is 11.3 Å². The lowest BCUT2D eigenvalue weighted by molar-refractivity contribution is 0.247. The third kappa shape index (κ3) is 3.92. The summed E-state index contributed by atoms with van der Waals surface area (Å²) in [6, 6.07) is 8.88. The van der Waals surface area contributed by atoms with Gasteiger partial charge in [-0.2, -0.15) is 0 Å². The number of piperazine rings is 1. The van der Waals surface area contributed by atoms with E-state index >= 15 is 0 Å². The summed E-state index contributed by atoms with van der Waals surface area (Å²) in [5.74, 6) is 0.862. The maximum atomic E-state index is 13.6. The largest absolute Gasteiger partial charge is 0.340 e. The SMILES string of the molecule is Cc1cccc(CN2CCN(c3nc4sc5c(c4c(=O)n3C(C)C)CCCC5)CC2)c1. The fourth-order valence-corrected chi connectivity index (χ4v) is 6.32. The first-order valence-corrected chi connectivity index (χ1v) is 12.4. The number of anilines is 1. The molecule has 0 N–H and O–H groups in total. The van der Waals surface area contributed by atoms with Crippen LogP contribution in [-0.2, 0) is 19.4 Å². The molecule has 1 fully saturated rings. The maximum absolute atomic E-state index is 13.6. The molecule has 0 radical (unpaired) electrons. The van der Waals surface area contributed by atoms with E-state index in [-0.39, 0.29) is 11.6 Å². The molecule has 6 heteroatoms. The minimum Gasteiger partial charge on any atom is -0.340 e. The number of benzene rings is 1. The Labute approximate surface area is 188 Å². The van der Waals surface area contributed by atoms with Crippen LogP contribution in [0.2, 0.25) is 0 Å². The molecule has 0 saturated carbocycles. The van der Waals surface area contributed by atoms with Crippen LogP contribution in [0.25, 0.3) is 10.2 Å². The highest BCUT2D eigenvalue weighted by Crippen LogP contribution is 2.35. The second kappa shape index (κ2) is 8.40. The lowest BCUT2D eigenvalue weighted by Gasteiger charge is -2.36. The zero-order chi connectivity index (χ0) is 21.5. The van der Waals surface area contributed by atoms with Crippen molar-refractivity contribution in [3.63, 3.8) is 0 Å². The summed E-state index contributed by atoms with van der Waals surface area (Å²) in [5.41, 5.74) is 4.13. The number of rotatable bonds is 4. The molecule has 0 bridgehead atoms. The van der Waals surface area contributed by atoms with Crippen molar-refractivity contribution >= 4 is 27.5 Å². The molecule has 1 saturated heterocycles. The van der Waals surface area contributed by atoms with Crippen LogP contribution in [0.4, 0.5) is 5.95 Å². The van der Waals surface area contributed by atoms with Gasteiger partial charge in [0.1, 0.15) is 4.83 Å². The minimum atomic E-state index is 0.101. The molecule has 5 rings (SSSR count). The van der Waals surface area contributed by atoms with Gasteiger partial charge < -0.3 is 4.90 Å². The van der Waals surface area contributed by atoms with Crippen LogP contribution in [0.1, 0.15) is 54.3 Å². The third-order valence-corrected chi connectivity index (χ3v) is 7.85. The van der Waals surface area contributed by atoms with Crippen molar-refractivity contribution in [3.8, 4) is 0 Å². The Hall–Kier alpha value is -2.18. The number of thiophene rings is 1. The Morgan fingerprint density at radius 1 is 1.10 bits per heavy atom. The highest BCUT2D eigenvalue weighted by Gasteiger charge is 2.27. The molecule has 2 aliphatic rings. The molecule has 5 nitrogen and oxygen atoms in total. The van der Waals surface area contributed by atoms with Crippen molar-refractivity contribution < 1.29 is 0 Å². The molecule has 2 aromatic heterocycles. The van der Waals surface area contributed by atoms with Gasteiger partial charge >= 0.3 is 0 Å². The summed E-state index contributed by atoms with van der Waals surface area (Å²) in [7, 11) is 0. The van der Waals surface area contributed by atoms with Crippen molar-refractivity contribution in [2.45, 2.75) is 59.0 Å². The second-order valence-corrected chi connectivity index (χ2v) is 10.4. The molecule has 3 aromatic rings. The van der Waals surface area contributed by atoms with Crippen LogP contribution < -0.4 is 10.5 Å². The van der Waals surface area contributed by atoms with E-state index in [2.05, 4.69) is 54.8 Å². The van der Waals surface area contributed by atoms with Crippen LogP contribution in [0.3, 0.4) is 0 Å². The monoisotopic (exact) mass is 436 g/mol. The Balaban J connectivity index is 1.42. The van der Waals surface area contributed by atoms with Crippen LogP contribution in [-0.4, -0.2) is 40.6 Å². The zero-order valence-corrected chi connectivity index (χ0v) is 19.7. The smallest absolute Gasteiger partial charge is 0.264 e. The first kappa shape index (κ1) is 20.7. The molecule has 0 atom stereocenters. The van der Waals surface area contributed by atoms with E-state index in [9.17, 15) is 4.79 Å². The maximum Gasteiger partial charge on any atom is 0.264 e. The van der Waals surface area contributed by atoms with E-state index in [1.807, 2.05) is 4.57 Å². The first-order chi connectivity index (χ1) is 15.0. The zero-order valence-electron chi connectivity index (χ0n) is 18.9. The average molecular weight is 437 g/mol. The second-order valence-electron chi connectivity index (χ2n) is 9.32. The van der Waals surface area contributed by atoms with Crippen molar-refractivity contribution in [2.24, 2.45) is 0 Å². The van der Waals surface area contributed by atoms with Gasteiger partial charge in [-0.3, -0.25) is 14.3 Å². The fraction of sp³-hybridized carbons (Fsp3) is 0.520. The van der Waals surface area contributed by atoms with Gasteiger partial charge in [0, 0.05) is 43.6 Å². The predicted octanol–water partition coefficient (Wildman–Crippen LogP) is 4.55. The molecule has 0 amide bonds. The number of fused-ring (bicyclic) bond motifs is 3. The number of aromatic nitrogens is 2. The fourth-order valence-electron chi connectivity index (χ4n) is 5.07. The summed E-state index contributed by atoms with van der Waals surface area (Å²) in [4.78, 5) is 25.9. The molecular weight excluding hydrogens is 404 g/mol. The van der Waals surface area contributed by atoms with Gasteiger partial charge in [-0.05, 0) is 57.6 Å². The van der Waals surface area contributed by atoms with Gasteiger partial charge in [-0.1, -0.05) is 29.8 Å². The molecule has 31 heavy (non-hydrogen) atoms. The van der Waals surface area contributed by atoms with E-state index < -0.39 is 0 Å². The van der Waals surface area contributed by atoms with Gasteiger partial charge in [-0.25, -0.2) is 4.98 Å². The summed E-state index contributed by atoms with van der Waals surface area (Å²) in [6.45, 7) is 11.1. The molecule has 0 spiro atoms. The summed E-state index contributed by atoms with van der Waals surface area (Å²) < 4.78 is 1.94. The Bertz CT molecular complexity index is 1150. The van der Waals surface area contributed by atoms with Crippen LogP contribution in [0.5, 0.6) is 0 Å². The lowest BCUT2D eigenvalue weighted by Crippen LogP contribution is -2.48. The Morgan fingerprint density at radius 3 is 2.61 bits per heavy atom. The van der Waals surface area contributed by atoms with E-state index in [0.29, 0.717) is 0 Å². The van der Waals surface area contributed by atoms with Gasteiger partial charge in [0.2, 0.25) is 5.95 Å². The van der Waals surface area contributed by atoms with E-state index in [0.717, 1.165) is 61.7 Å². The van der Waals surface area contributed by atoms with Gasteiger partial charge in [0.25, 0.3) is 5.56 Å². The van der Waals surface area contributed by atoms with Crippen LogP contribution >= 0.6 is 11.3 Å². The van der Waals surface area contributed by atoms with Crippen molar-refractivity contribution in [1.29, 1.82) is 0 Å². The van der Waals surface area contributed by atoms with E-state index in [4.69, 9.17) is 4.98 Å². The molecule has 1 aliphatic heterocycles. The number of aryl methyl sites for hydroxylation is 3. The molecule has 3 heterocycles. The van der Waals surface area contributed by atoms with Crippen LogP contribution in [0, 0.1) is 6.92 Å². The van der Waals surface area contributed by atoms with Gasteiger partial charge in [0.05, 0.1) is 5.39 Å². The van der Waals surface area contributed by atoms with Gasteiger partial charge in [-0.15, -0.1) is 11.3 Å². The topological polar surface area (TPSA) is 41.4 Å². The Kier molecular flexibility index (Phi) is 5.61. The minimum absolute atomic E-state index is 0.101. The van der Waals surface area contributed by atoms with Crippen molar-refractivity contribution in [3.05, 3.63) is 56.2 Å². The van der Waals surface area contributed by atoms with Crippen molar-refractivity contribution in [2.75, 3.05) is 31.1 Å². The molecular formula is C25H32N4OS. The van der Waals surface area contributed by atoms with Crippen LogP contribution in [0.15, 0.2) is 29.1 Å². The quantitative estimate of drug-likeness (QED) is 0.602. The van der Waals surface area contributed by atoms with E-state index in [1.165, 1.54) is 34.4 Å². The van der Waals surface area contributed by atoms with Gasteiger partial charge in [0.15, 0.2) is 0 Å². The van der Waals surface area contributed by atoms with Crippen molar-refractivity contribution in [1.82, 2.24) is 14.5 Å². The molecule has 164 valence electrons. The third-order valence-electron chi connectivity index (χ3n) is 6.66. The standard InChI is InChI=1S/C25H32N4OS/c1-17(2)29-24(30)22-20-9-4-5-10-21(20)31-23(22)26-25(29)28-13-11-27(12-14-28)16-19-8-6-7-18(3)15-19/h6-8,15,17H,4-5,9-14,16H2,1-3H3. The Morgan fingerprint density at radius 2 is 1.87 bits per heavy atom. The average Bonchev–Trinajstić information content (AvgIpc) is 3.13. The highest BCUT2D eigenvalue weighted by molar-refractivity contribution is 7.18. The predicted molar refractivity (Wildman–Crippen MR) is 130 cm³/mol. The summed E-state index contributed by atoms with van der Waals surface area (Å²) in [5, 5.41) is 0.898. The number of nitrogens with zero attached hydrogens (tertiary/aromatic N) is 4. The first-order valence-electron chi connectivity index (χ1n) is 11.6. The summed E-state index contributed by atoms with van der Waals surface area (Å²) in [6.07, 6.45) is 4.55.